The molecule has 0 unspecified atom stereocenters. The Labute approximate surface area is 213 Å². The zero-order valence-electron chi connectivity index (χ0n) is 19.7. The summed E-state index contributed by atoms with van der Waals surface area (Å²) < 4.78 is 1.21. The molecule has 0 amide bonds. The van der Waals surface area contributed by atoms with Gasteiger partial charge in [-0.15, -0.1) is 0 Å². The van der Waals surface area contributed by atoms with Crippen LogP contribution in [-0.4, -0.2) is 39.3 Å². The van der Waals surface area contributed by atoms with E-state index in [1.54, 1.807) is 0 Å². The molecule has 3 aromatic rings. The first-order valence-electron chi connectivity index (χ1n) is 11.3. The number of rotatable bonds is 5. The van der Waals surface area contributed by atoms with Crippen molar-refractivity contribution in [2.75, 3.05) is 13.1 Å². The van der Waals surface area contributed by atoms with E-state index in [1.165, 1.54) is 20.3 Å². The minimum absolute atomic E-state index is 0.502. The summed E-state index contributed by atoms with van der Waals surface area (Å²) in [6, 6.07) is 33.5. The van der Waals surface area contributed by atoms with Crippen molar-refractivity contribution < 1.29 is 13.5 Å². The molecule has 1 heterocycles. The van der Waals surface area contributed by atoms with E-state index in [9.17, 15) is 0 Å². The van der Waals surface area contributed by atoms with Crippen molar-refractivity contribution in [1.82, 2.24) is 9.80 Å². The summed E-state index contributed by atoms with van der Waals surface area (Å²) in [7, 11) is 11.4. The Morgan fingerprint density at radius 1 is 0.606 bits per heavy atom. The number of hydrogen-bond acceptors (Lipinski definition) is 2. The second-order valence-electron chi connectivity index (χ2n) is 8.49. The van der Waals surface area contributed by atoms with E-state index in [-0.39, 0.29) is 0 Å². The predicted molar refractivity (Wildman–Crippen MR) is 147 cm³/mol. The molecule has 1 fully saturated rings. The average molecular weight is 590 g/mol. The average Bonchev–Trinajstić information content (AvgIpc) is 3.29. The van der Waals surface area contributed by atoms with Gasteiger partial charge in [-0.2, -0.15) is 0 Å². The van der Waals surface area contributed by atoms with Gasteiger partial charge in [0.1, 0.15) is 15.9 Å². The third kappa shape index (κ3) is 7.28. The summed E-state index contributed by atoms with van der Waals surface area (Å²) in [5.74, 6) is 0. The molecule has 33 heavy (non-hydrogen) atoms. The Balaban J connectivity index is 0.000000196. The molecular weight excluding hydrogens is 555 g/mol. The van der Waals surface area contributed by atoms with Gasteiger partial charge in [-0.1, -0.05) is 54.6 Å². The summed E-state index contributed by atoms with van der Waals surface area (Å²) in [4.78, 5) is 4.69. The maximum atomic E-state index is 6.15. The van der Waals surface area contributed by atoms with Gasteiger partial charge in [-0.3, -0.25) is 0 Å². The topological polar surface area (TPSA) is 6.48 Å². The first kappa shape index (κ1) is 26.7. The number of benzene rings is 3. The van der Waals surface area contributed by atoms with Crippen LogP contribution in [0.1, 0.15) is 27.7 Å². The zero-order valence-corrected chi connectivity index (χ0v) is 24.0. The van der Waals surface area contributed by atoms with Crippen molar-refractivity contribution in [3.63, 3.8) is 0 Å². The van der Waals surface area contributed by atoms with Crippen molar-refractivity contribution in [1.29, 1.82) is 0 Å². The molecule has 0 spiro atoms. The second-order valence-corrected chi connectivity index (χ2v) is 16.6. The van der Waals surface area contributed by atoms with Crippen LogP contribution in [0.4, 0.5) is 0 Å². The SMILES string of the molecule is CC(C)N1CCN(C(C)C)[C]1=[Ru]([Cl])[Cl].c1ccc([PH+](c2ccccc2)c2ccccc2)cc1. The van der Waals surface area contributed by atoms with Gasteiger partial charge in [0.05, 0.1) is 7.92 Å². The summed E-state index contributed by atoms with van der Waals surface area (Å²) in [5.41, 5.74) is 0. The summed E-state index contributed by atoms with van der Waals surface area (Å²) in [5, 5.41) is 4.31. The monoisotopic (exact) mass is 589 g/mol. The van der Waals surface area contributed by atoms with Crippen LogP contribution in [0.2, 0.25) is 0 Å². The van der Waals surface area contributed by atoms with E-state index in [0.717, 1.165) is 13.1 Å². The van der Waals surface area contributed by atoms with Crippen LogP contribution in [0.5, 0.6) is 0 Å². The third-order valence-corrected chi connectivity index (χ3v) is 11.3. The molecule has 6 heteroatoms. The molecule has 0 aliphatic carbocycles. The van der Waals surface area contributed by atoms with Crippen LogP contribution in [0.3, 0.4) is 0 Å². The minimum Gasteiger partial charge on any atom is -0.0620 e. The van der Waals surface area contributed by atoms with Crippen molar-refractivity contribution in [3.05, 3.63) is 91.0 Å². The predicted octanol–water partition coefficient (Wildman–Crippen LogP) is 5.61. The Morgan fingerprint density at radius 3 is 1.15 bits per heavy atom. The van der Waals surface area contributed by atoms with Gasteiger partial charge in [-0.05, 0) is 36.4 Å². The fourth-order valence-electron chi connectivity index (χ4n) is 3.96. The molecule has 0 bridgehead atoms. The van der Waals surface area contributed by atoms with Crippen LogP contribution in [0, 0.1) is 0 Å². The van der Waals surface area contributed by atoms with Crippen LogP contribution in [0.15, 0.2) is 91.0 Å². The van der Waals surface area contributed by atoms with Gasteiger partial charge in [0.2, 0.25) is 0 Å². The van der Waals surface area contributed by atoms with Crippen LogP contribution in [0.25, 0.3) is 0 Å². The van der Waals surface area contributed by atoms with Crippen LogP contribution < -0.4 is 15.9 Å². The minimum atomic E-state index is -1.78. The van der Waals surface area contributed by atoms with Crippen LogP contribution >= 0.6 is 27.3 Å². The normalized spacial score (nSPS) is 15.2. The van der Waals surface area contributed by atoms with E-state index in [0.29, 0.717) is 12.1 Å². The standard InChI is InChI=1S/C18H15P.C9H18N2.2ClH.Ru/c1-4-10-16(11-5-1)19(17-12-6-2-7-13-17)18-14-8-3-9-15-18;1-8(2)10-5-6-11(7-10)9(3)4;;;/h1-15H;8-9H,5-6H2,1-4H3;2*1H;/q;;;;+2/p-1. The van der Waals surface area contributed by atoms with Gasteiger partial charge >= 0.3 is 99.9 Å². The first-order chi connectivity index (χ1) is 15.9. The molecule has 0 N–H and O–H groups in total. The third-order valence-electron chi connectivity index (χ3n) is 5.60. The molecule has 1 saturated heterocycles. The quantitative estimate of drug-likeness (QED) is 0.282. The number of nitrogens with zero attached hydrogens (tertiary/aromatic N) is 2. The smallest absolute Gasteiger partial charge is 0.0620 e. The van der Waals surface area contributed by atoms with E-state index in [2.05, 4.69) is 128 Å². The molecule has 0 aromatic heterocycles. The van der Waals surface area contributed by atoms with Crippen molar-refractivity contribution >= 4 is 47.6 Å². The molecule has 1 aliphatic rings. The first-order valence-corrected chi connectivity index (χ1v) is 18.2. The van der Waals surface area contributed by atoms with Gasteiger partial charge in [0.15, 0.2) is 0 Å². The molecule has 2 nitrogen and oxygen atoms in total. The molecule has 0 radical (unpaired) electrons. The van der Waals surface area contributed by atoms with E-state index in [4.69, 9.17) is 19.4 Å². The second kappa shape index (κ2) is 13.2. The van der Waals surface area contributed by atoms with Crippen molar-refractivity contribution in [3.8, 4) is 0 Å². The molecule has 0 atom stereocenters. The summed E-state index contributed by atoms with van der Waals surface area (Å²) in [6.07, 6.45) is 0. The molecule has 1 aliphatic heterocycles. The van der Waals surface area contributed by atoms with Gasteiger partial charge in [0.25, 0.3) is 0 Å². The Hall–Kier alpha value is -0.917. The van der Waals surface area contributed by atoms with Gasteiger partial charge in [-0.25, -0.2) is 0 Å². The Bertz CT molecular complexity index is 898. The molecule has 4 rings (SSSR count). The van der Waals surface area contributed by atoms with Crippen molar-refractivity contribution in [2.45, 2.75) is 39.8 Å². The molecule has 178 valence electrons. The van der Waals surface area contributed by atoms with Gasteiger partial charge in [0, 0.05) is 0 Å². The van der Waals surface area contributed by atoms with E-state index >= 15 is 0 Å². The number of halogens is 2. The van der Waals surface area contributed by atoms with Crippen molar-refractivity contribution in [2.24, 2.45) is 0 Å². The number of hydrogen-bond donors (Lipinski definition) is 0. The largest absolute Gasteiger partial charge is 0.102 e. The van der Waals surface area contributed by atoms with E-state index in [1.807, 2.05) is 0 Å². The van der Waals surface area contributed by atoms with Gasteiger partial charge < -0.3 is 0 Å². The van der Waals surface area contributed by atoms with Crippen LogP contribution in [-0.2, 0) is 13.5 Å². The molecule has 0 saturated carbocycles. The fraction of sp³-hybridized carbons (Fsp3) is 0.296. The Kier molecular flexibility index (Phi) is 10.7. The Morgan fingerprint density at radius 2 is 0.909 bits per heavy atom. The maximum absolute atomic E-state index is 6.15. The van der Waals surface area contributed by atoms with E-state index < -0.39 is 21.4 Å². The fourth-order valence-corrected chi connectivity index (χ4v) is 10.4. The summed E-state index contributed by atoms with van der Waals surface area (Å²) >= 11 is -1.78. The molecular formula is C27H34Cl2N2PRu+. The maximum Gasteiger partial charge on any atom is 0.102 e. The molecule has 3 aromatic carbocycles. The zero-order chi connectivity index (χ0) is 23.8. The summed E-state index contributed by atoms with van der Waals surface area (Å²) in [6.45, 7) is 10.9.